The second-order valence-electron chi connectivity index (χ2n) is 6.80. The molecule has 2 heterocycles. The molecular weight excluding hydrogens is 332 g/mol. The van der Waals surface area contributed by atoms with Crippen molar-refractivity contribution in [1.29, 1.82) is 0 Å². The molecule has 0 aromatic heterocycles. The van der Waals surface area contributed by atoms with Crippen molar-refractivity contribution in [2.24, 2.45) is 0 Å². The third-order valence-electron chi connectivity index (χ3n) is 4.99. The van der Waals surface area contributed by atoms with E-state index in [0.717, 1.165) is 12.8 Å². The molecule has 2 aliphatic rings. The number of rotatable bonds is 4. The van der Waals surface area contributed by atoms with Crippen molar-refractivity contribution in [2.45, 2.75) is 38.3 Å². The van der Waals surface area contributed by atoms with E-state index in [1.165, 1.54) is 0 Å². The van der Waals surface area contributed by atoms with Gasteiger partial charge in [-0.2, -0.15) is 0 Å². The van der Waals surface area contributed by atoms with E-state index in [4.69, 9.17) is 0 Å². The SMILES string of the molecule is CCNC(=O)N1CCC(NC(=O)C2CCCN2C(=O)c2ccccc2)C1. The van der Waals surface area contributed by atoms with Gasteiger partial charge in [0.25, 0.3) is 5.91 Å². The number of likely N-dealkylation sites (tertiary alicyclic amines) is 2. The minimum Gasteiger partial charge on any atom is -0.350 e. The van der Waals surface area contributed by atoms with Crippen LogP contribution >= 0.6 is 0 Å². The first-order valence-electron chi connectivity index (χ1n) is 9.29. The largest absolute Gasteiger partial charge is 0.350 e. The number of hydrogen-bond acceptors (Lipinski definition) is 3. The van der Waals surface area contributed by atoms with Crippen LogP contribution in [0, 0.1) is 0 Å². The molecule has 2 aliphatic heterocycles. The zero-order valence-electron chi connectivity index (χ0n) is 15.1. The molecular formula is C19H26N4O3. The van der Waals surface area contributed by atoms with Gasteiger partial charge < -0.3 is 20.4 Å². The highest BCUT2D eigenvalue weighted by molar-refractivity contribution is 5.98. The Balaban J connectivity index is 1.57. The first kappa shape index (κ1) is 18.2. The van der Waals surface area contributed by atoms with Crippen LogP contribution < -0.4 is 10.6 Å². The number of amides is 4. The summed E-state index contributed by atoms with van der Waals surface area (Å²) in [5.74, 6) is -0.215. The average molecular weight is 358 g/mol. The Kier molecular flexibility index (Phi) is 5.75. The molecule has 0 spiro atoms. The quantitative estimate of drug-likeness (QED) is 0.849. The Morgan fingerprint density at radius 1 is 1.12 bits per heavy atom. The van der Waals surface area contributed by atoms with Gasteiger partial charge in [0.2, 0.25) is 5.91 Å². The van der Waals surface area contributed by atoms with E-state index in [1.54, 1.807) is 21.9 Å². The van der Waals surface area contributed by atoms with Gasteiger partial charge in [-0.15, -0.1) is 0 Å². The van der Waals surface area contributed by atoms with Crippen molar-refractivity contribution in [2.75, 3.05) is 26.2 Å². The second kappa shape index (κ2) is 8.21. The van der Waals surface area contributed by atoms with Gasteiger partial charge in [0.05, 0.1) is 0 Å². The lowest BCUT2D eigenvalue weighted by molar-refractivity contribution is -0.125. The maximum Gasteiger partial charge on any atom is 0.317 e. The number of benzene rings is 1. The monoisotopic (exact) mass is 358 g/mol. The van der Waals surface area contributed by atoms with Crippen LogP contribution in [-0.4, -0.2) is 65.9 Å². The molecule has 4 amide bonds. The van der Waals surface area contributed by atoms with E-state index in [1.807, 2.05) is 25.1 Å². The molecule has 0 saturated carbocycles. The zero-order valence-corrected chi connectivity index (χ0v) is 15.1. The fourth-order valence-corrected chi connectivity index (χ4v) is 3.65. The molecule has 1 aromatic carbocycles. The molecule has 7 nitrogen and oxygen atoms in total. The Labute approximate surface area is 153 Å². The smallest absolute Gasteiger partial charge is 0.317 e. The summed E-state index contributed by atoms with van der Waals surface area (Å²) >= 11 is 0. The maximum absolute atomic E-state index is 12.7. The van der Waals surface area contributed by atoms with Crippen LogP contribution in [0.1, 0.15) is 36.5 Å². The highest BCUT2D eigenvalue weighted by atomic mass is 16.2. The van der Waals surface area contributed by atoms with Crippen LogP contribution in [0.15, 0.2) is 30.3 Å². The van der Waals surface area contributed by atoms with Gasteiger partial charge in [-0.3, -0.25) is 9.59 Å². The van der Waals surface area contributed by atoms with Crippen LogP contribution in [0.2, 0.25) is 0 Å². The number of urea groups is 1. The van der Waals surface area contributed by atoms with E-state index >= 15 is 0 Å². The summed E-state index contributed by atoms with van der Waals surface area (Å²) in [4.78, 5) is 40.7. The molecule has 7 heteroatoms. The van der Waals surface area contributed by atoms with Gasteiger partial charge in [0, 0.05) is 37.8 Å². The molecule has 2 fully saturated rings. The lowest BCUT2D eigenvalue weighted by Gasteiger charge is -2.25. The van der Waals surface area contributed by atoms with E-state index in [9.17, 15) is 14.4 Å². The number of carbonyl (C=O) groups is 3. The van der Waals surface area contributed by atoms with Crippen LogP contribution in [0.3, 0.4) is 0 Å². The molecule has 0 radical (unpaired) electrons. The van der Waals surface area contributed by atoms with Crippen LogP contribution in [0.25, 0.3) is 0 Å². The third-order valence-corrected chi connectivity index (χ3v) is 4.99. The summed E-state index contributed by atoms with van der Waals surface area (Å²) in [6.07, 6.45) is 2.24. The standard InChI is InChI=1S/C19H26N4O3/c1-2-20-19(26)22-12-10-15(13-22)21-17(24)16-9-6-11-23(16)18(25)14-7-4-3-5-8-14/h3-5,7-8,15-16H,2,6,9-13H2,1H3,(H,20,26)(H,21,24). The predicted molar refractivity (Wildman–Crippen MR) is 97.7 cm³/mol. The number of carbonyl (C=O) groups excluding carboxylic acids is 3. The normalized spacial score (nSPS) is 22.3. The fourth-order valence-electron chi connectivity index (χ4n) is 3.65. The Bertz CT molecular complexity index is 664. The highest BCUT2D eigenvalue weighted by Crippen LogP contribution is 2.21. The van der Waals surface area contributed by atoms with Crippen molar-refractivity contribution in [3.05, 3.63) is 35.9 Å². The van der Waals surface area contributed by atoms with Crippen molar-refractivity contribution >= 4 is 17.8 Å². The van der Waals surface area contributed by atoms with Crippen LogP contribution in [0.5, 0.6) is 0 Å². The van der Waals surface area contributed by atoms with E-state index in [0.29, 0.717) is 38.2 Å². The van der Waals surface area contributed by atoms with Crippen molar-refractivity contribution < 1.29 is 14.4 Å². The molecule has 0 aliphatic carbocycles. The summed E-state index contributed by atoms with van der Waals surface area (Å²) in [6.45, 7) is 4.21. The summed E-state index contributed by atoms with van der Waals surface area (Å²) in [5.41, 5.74) is 0.607. The van der Waals surface area contributed by atoms with Crippen LogP contribution in [0.4, 0.5) is 4.79 Å². The number of hydrogen-bond donors (Lipinski definition) is 2. The molecule has 2 saturated heterocycles. The lowest BCUT2D eigenvalue weighted by Crippen LogP contribution is -2.50. The topological polar surface area (TPSA) is 81.8 Å². The van der Waals surface area contributed by atoms with Crippen molar-refractivity contribution in [3.63, 3.8) is 0 Å². The molecule has 26 heavy (non-hydrogen) atoms. The summed E-state index contributed by atoms with van der Waals surface area (Å²) in [7, 11) is 0. The van der Waals surface area contributed by atoms with Gasteiger partial charge in [-0.25, -0.2) is 4.79 Å². The van der Waals surface area contributed by atoms with E-state index in [-0.39, 0.29) is 23.9 Å². The summed E-state index contributed by atoms with van der Waals surface area (Å²) in [6, 6.07) is 8.49. The highest BCUT2D eigenvalue weighted by Gasteiger charge is 2.36. The fraction of sp³-hybridized carbons (Fsp3) is 0.526. The zero-order chi connectivity index (χ0) is 18.5. The summed E-state index contributed by atoms with van der Waals surface area (Å²) in [5, 5.41) is 5.81. The first-order valence-corrected chi connectivity index (χ1v) is 9.29. The van der Waals surface area contributed by atoms with Gasteiger partial charge in [-0.1, -0.05) is 18.2 Å². The van der Waals surface area contributed by atoms with Gasteiger partial charge in [0.1, 0.15) is 6.04 Å². The van der Waals surface area contributed by atoms with Gasteiger partial charge in [-0.05, 0) is 38.3 Å². The van der Waals surface area contributed by atoms with Crippen molar-refractivity contribution in [3.8, 4) is 0 Å². The Morgan fingerprint density at radius 3 is 2.62 bits per heavy atom. The molecule has 0 bridgehead atoms. The Hall–Kier alpha value is -2.57. The number of nitrogens with one attached hydrogen (secondary N) is 2. The van der Waals surface area contributed by atoms with Crippen LogP contribution in [-0.2, 0) is 4.79 Å². The van der Waals surface area contributed by atoms with Gasteiger partial charge >= 0.3 is 6.03 Å². The summed E-state index contributed by atoms with van der Waals surface area (Å²) < 4.78 is 0. The molecule has 2 unspecified atom stereocenters. The first-order chi connectivity index (χ1) is 12.6. The predicted octanol–water partition coefficient (Wildman–Crippen LogP) is 1.21. The number of nitrogens with zero attached hydrogens (tertiary/aromatic N) is 2. The molecule has 3 rings (SSSR count). The molecule has 1 aromatic rings. The Morgan fingerprint density at radius 2 is 1.88 bits per heavy atom. The average Bonchev–Trinajstić information content (AvgIpc) is 3.31. The second-order valence-corrected chi connectivity index (χ2v) is 6.80. The van der Waals surface area contributed by atoms with Gasteiger partial charge in [0.15, 0.2) is 0 Å². The third kappa shape index (κ3) is 3.98. The van der Waals surface area contributed by atoms with E-state index < -0.39 is 6.04 Å². The van der Waals surface area contributed by atoms with Crippen molar-refractivity contribution in [1.82, 2.24) is 20.4 Å². The lowest BCUT2D eigenvalue weighted by atomic mass is 10.1. The maximum atomic E-state index is 12.7. The minimum atomic E-state index is -0.429. The minimum absolute atomic E-state index is 0.0561. The van der Waals surface area contributed by atoms with E-state index in [2.05, 4.69) is 10.6 Å². The molecule has 140 valence electrons. The molecule has 2 atom stereocenters. The molecule has 2 N–H and O–H groups in total.